The van der Waals surface area contributed by atoms with Crippen molar-refractivity contribution in [2.45, 2.75) is 0 Å². The van der Waals surface area contributed by atoms with E-state index in [2.05, 4.69) is 9.46 Å². The Morgan fingerprint density at radius 3 is 2.56 bits per heavy atom. The first-order chi connectivity index (χ1) is 8.35. The Morgan fingerprint density at radius 1 is 1.39 bits per heavy atom. The second kappa shape index (κ2) is 5.65. The maximum absolute atomic E-state index is 11.5. The van der Waals surface area contributed by atoms with E-state index in [0.29, 0.717) is 5.56 Å². The molecule has 0 saturated carbocycles. The molecule has 0 atom stereocenters. The number of rotatable bonds is 4. The Labute approximate surface area is 109 Å². The minimum Gasteiger partial charge on any atom is -0.452 e. The molecule has 0 unspecified atom stereocenters. The first-order valence-corrected chi connectivity index (χ1v) is 6.52. The number of benzene rings is 1. The summed E-state index contributed by atoms with van der Waals surface area (Å²) in [6.07, 6.45) is -1.10. The van der Waals surface area contributed by atoms with Gasteiger partial charge in [-0.2, -0.15) is 8.42 Å². The van der Waals surface area contributed by atoms with Gasteiger partial charge in [0.1, 0.15) is 4.99 Å². The molecular weight excluding hydrogens is 278 g/mol. The molecule has 7 nitrogen and oxygen atoms in total. The molecule has 0 radical (unpaired) electrons. The van der Waals surface area contributed by atoms with Crippen molar-refractivity contribution in [3.8, 4) is 0 Å². The second-order valence-electron chi connectivity index (χ2n) is 3.11. The van der Waals surface area contributed by atoms with Gasteiger partial charge in [0.05, 0.1) is 12.8 Å². The number of hydrogen-bond donors (Lipinski definition) is 3. The van der Waals surface area contributed by atoms with Crippen LogP contribution in [0.5, 0.6) is 0 Å². The molecule has 0 bridgehead atoms. The van der Waals surface area contributed by atoms with E-state index in [1.54, 1.807) is 22.9 Å². The van der Waals surface area contributed by atoms with E-state index in [1.807, 2.05) is 0 Å². The number of anilines is 1. The monoisotopic (exact) mass is 289 g/mol. The Kier molecular flexibility index (Phi) is 4.45. The summed E-state index contributed by atoms with van der Waals surface area (Å²) in [4.78, 5) is 10.9. The summed E-state index contributed by atoms with van der Waals surface area (Å²) in [7, 11) is -3.04. The highest BCUT2D eigenvalue weighted by Gasteiger charge is 2.16. The lowest BCUT2D eigenvalue weighted by atomic mass is 10.2. The zero-order valence-electron chi connectivity index (χ0n) is 9.34. The maximum atomic E-state index is 11.5. The van der Waals surface area contributed by atoms with Crippen molar-refractivity contribution in [2.24, 2.45) is 5.73 Å². The van der Waals surface area contributed by atoms with Crippen molar-refractivity contribution in [3.63, 3.8) is 0 Å². The third-order valence-electron chi connectivity index (χ3n) is 1.84. The van der Waals surface area contributed by atoms with Gasteiger partial charge < -0.3 is 10.5 Å². The molecule has 1 rings (SSSR count). The summed E-state index contributed by atoms with van der Waals surface area (Å²) in [6.45, 7) is 0. The molecule has 1 aromatic rings. The number of carbonyl (C=O) groups excluding carboxylic acids is 1. The van der Waals surface area contributed by atoms with E-state index in [9.17, 15) is 13.2 Å². The number of hydrogen-bond acceptors (Lipinski definition) is 5. The van der Waals surface area contributed by atoms with E-state index in [1.165, 1.54) is 6.07 Å². The van der Waals surface area contributed by atoms with Crippen LogP contribution >= 0.6 is 12.2 Å². The average molecular weight is 289 g/mol. The molecule has 0 aliphatic carbocycles. The van der Waals surface area contributed by atoms with Gasteiger partial charge in [-0.15, -0.1) is 0 Å². The number of methoxy groups -OCH3 is 1. The zero-order chi connectivity index (χ0) is 13.8. The van der Waals surface area contributed by atoms with E-state index >= 15 is 0 Å². The topological polar surface area (TPSA) is 111 Å². The number of para-hydroxylation sites is 1. The van der Waals surface area contributed by atoms with Crippen molar-refractivity contribution >= 4 is 39.2 Å². The lowest BCUT2D eigenvalue weighted by molar-refractivity contribution is 0.177. The van der Waals surface area contributed by atoms with Crippen molar-refractivity contribution in [3.05, 3.63) is 29.8 Å². The van der Waals surface area contributed by atoms with Gasteiger partial charge >= 0.3 is 16.3 Å². The quantitative estimate of drug-likeness (QED) is 0.689. The summed E-state index contributed by atoms with van der Waals surface area (Å²) >= 11 is 4.78. The second-order valence-corrected chi connectivity index (χ2v) is 4.96. The van der Waals surface area contributed by atoms with Gasteiger partial charge in [0.15, 0.2) is 0 Å². The number of nitrogens with one attached hydrogen (secondary N) is 2. The predicted molar refractivity (Wildman–Crippen MR) is 70.4 cm³/mol. The number of thiocarbonyl (C=S) groups is 1. The van der Waals surface area contributed by atoms with E-state index in [0.717, 1.165) is 7.11 Å². The summed E-state index contributed by atoms with van der Waals surface area (Å²) in [5.41, 5.74) is 5.96. The minimum atomic E-state index is -4.09. The van der Waals surface area contributed by atoms with Crippen molar-refractivity contribution < 1.29 is 17.9 Å². The standard InChI is InChI=1S/C9H11N3O4S2/c1-16-9(13)12-18(14,15)11-7-5-3-2-4-6(7)8(10)17/h2-5,11H,1H3,(H2,10,17)(H,12,13). The molecule has 0 heterocycles. The molecule has 0 aliphatic rings. The lowest BCUT2D eigenvalue weighted by Gasteiger charge is -2.11. The van der Waals surface area contributed by atoms with E-state index in [-0.39, 0.29) is 10.7 Å². The molecule has 0 aromatic heterocycles. The Morgan fingerprint density at radius 2 is 2.00 bits per heavy atom. The fraction of sp³-hybridized carbons (Fsp3) is 0.111. The summed E-state index contributed by atoms with van der Waals surface area (Å²) in [5, 5.41) is 0. The average Bonchev–Trinajstić information content (AvgIpc) is 2.28. The Hall–Kier alpha value is -1.87. The highest BCUT2D eigenvalue weighted by atomic mass is 32.2. The number of ether oxygens (including phenoxy) is 1. The van der Waals surface area contributed by atoms with E-state index in [4.69, 9.17) is 18.0 Å². The van der Waals surface area contributed by atoms with Gasteiger partial charge in [0.2, 0.25) is 0 Å². The fourth-order valence-electron chi connectivity index (χ4n) is 1.11. The van der Waals surface area contributed by atoms with Crippen LogP contribution in [0.2, 0.25) is 0 Å². The van der Waals surface area contributed by atoms with Crippen LogP contribution in [0.25, 0.3) is 0 Å². The van der Waals surface area contributed by atoms with Crippen molar-refractivity contribution in [1.29, 1.82) is 0 Å². The fourth-order valence-corrected chi connectivity index (χ4v) is 2.11. The van der Waals surface area contributed by atoms with Gasteiger partial charge in [0.25, 0.3) is 0 Å². The summed E-state index contributed by atoms with van der Waals surface area (Å²) in [6, 6.07) is 6.27. The first kappa shape index (κ1) is 14.2. The smallest absolute Gasteiger partial charge is 0.422 e. The van der Waals surface area contributed by atoms with Crippen LogP contribution in [0.1, 0.15) is 5.56 Å². The maximum Gasteiger partial charge on any atom is 0.422 e. The van der Waals surface area contributed by atoms with Crippen LogP contribution < -0.4 is 15.2 Å². The van der Waals surface area contributed by atoms with E-state index < -0.39 is 16.3 Å². The highest BCUT2D eigenvalue weighted by Crippen LogP contribution is 2.15. The molecule has 1 aromatic carbocycles. The number of amides is 1. The largest absolute Gasteiger partial charge is 0.452 e. The Balaban J connectivity index is 2.98. The normalized spacial score (nSPS) is 10.5. The SMILES string of the molecule is COC(=O)NS(=O)(=O)Nc1ccccc1C(N)=S. The molecule has 0 aliphatic heterocycles. The molecular formula is C9H11N3O4S2. The van der Waals surface area contributed by atoms with Crippen LogP contribution in [0.3, 0.4) is 0 Å². The molecule has 0 spiro atoms. The Bertz CT molecular complexity index is 571. The molecule has 0 saturated heterocycles. The van der Waals surface area contributed by atoms with Gasteiger partial charge in [0, 0.05) is 5.56 Å². The molecule has 98 valence electrons. The van der Waals surface area contributed by atoms with Crippen molar-refractivity contribution in [1.82, 2.24) is 4.72 Å². The minimum absolute atomic E-state index is 0.0337. The van der Waals surface area contributed by atoms with Gasteiger partial charge in [-0.25, -0.2) is 9.52 Å². The third-order valence-corrected chi connectivity index (χ3v) is 2.98. The molecule has 0 fully saturated rings. The summed E-state index contributed by atoms with van der Waals surface area (Å²) < 4.78 is 31.0. The number of nitrogens with two attached hydrogens (primary N) is 1. The molecule has 18 heavy (non-hydrogen) atoms. The van der Waals surface area contributed by atoms with Crippen LogP contribution in [0.4, 0.5) is 10.5 Å². The van der Waals surface area contributed by atoms with Crippen LogP contribution in [0.15, 0.2) is 24.3 Å². The van der Waals surface area contributed by atoms with Gasteiger partial charge in [-0.1, -0.05) is 24.4 Å². The highest BCUT2D eigenvalue weighted by molar-refractivity contribution is 7.91. The molecule has 1 amide bonds. The van der Waals surface area contributed by atoms with Gasteiger partial charge in [-0.3, -0.25) is 4.72 Å². The predicted octanol–water partition coefficient (Wildman–Crippen LogP) is 0.333. The molecule has 9 heteroatoms. The zero-order valence-corrected chi connectivity index (χ0v) is 11.0. The molecule has 4 N–H and O–H groups in total. The van der Waals surface area contributed by atoms with Crippen LogP contribution in [0, 0.1) is 0 Å². The van der Waals surface area contributed by atoms with Crippen LogP contribution in [-0.2, 0) is 14.9 Å². The van der Waals surface area contributed by atoms with Gasteiger partial charge in [-0.05, 0) is 12.1 Å². The lowest BCUT2D eigenvalue weighted by Crippen LogP contribution is -2.35. The summed E-state index contributed by atoms with van der Waals surface area (Å²) in [5.74, 6) is 0. The third kappa shape index (κ3) is 3.86. The van der Waals surface area contributed by atoms with Crippen molar-refractivity contribution in [2.75, 3.05) is 11.8 Å². The first-order valence-electron chi connectivity index (χ1n) is 4.63. The van der Waals surface area contributed by atoms with Crippen LogP contribution in [-0.4, -0.2) is 26.6 Å². The number of carbonyl (C=O) groups is 1.